The third-order valence-corrected chi connectivity index (χ3v) is 3.97. The van der Waals surface area contributed by atoms with Crippen LogP contribution >= 0.6 is 23.2 Å². The van der Waals surface area contributed by atoms with Crippen LogP contribution < -0.4 is 5.32 Å². The van der Waals surface area contributed by atoms with Crippen LogP contribution in [-0.2, 0) is 9.59 Å². The largest absolute Gasteiger partial charge is 0.480 e. The maximum atomic E-state index is 12.0. The number of nitrogens with zero attached hydrogens (tertiary/aromatic N) is 1. The van der Waals surface area contributed by atoms with Gasteiger partial charge in [-0.3, -0.25) is 14.5 Å². The first-order chi connectivity index (χ1) is 9.68. The number of carbonyl (C=O) groups is 2. The third kappa shape index (κ3) is 4.59. The Labute approximate surface area is 133 Å². The summed E-state index contributed by atoms with van der Waals surface area (Å²) in [6.45, 7) is 5.33. The van der Waals surface area contributed by atoms with Crippen LogP contribution in [-0.4, -0.2) is 40.5 Å². The van der Waals surface area contributed by atoms with Crippen molar-refractivity contribution in [2.45, 2.75) is 26.3 Å². The smallest absolute Gasteiger partial charge is 0.323 e. The Morgan fingerprint density at radius 1 is 1.29 bits per heavy atom. The summed E-state index contributed by atoms with van der Waals surface area (Å²) in [4.78, 5) is 24.8. The van der Waals surface area contributed by atoms with E-state index in [1.807, 2.05) is 0 Å². The molecule has 0 atom stereocenters. The van der Waals surface area contributed by atoms with Crippen molar-refractivity contribution in [1.82, 2.24) is 4.90 Å². The minimum Gasteiger partial charge on any atom is -0.480 e. The summed E-state index contributed by atoms with van der Waals surface area (Å²) in [5, 5.41) is 12.6. The van der Waals surface area contributed by atoms with E-state index in [0.717, 1.165) is 0 Å². The van der Waals surface area contributed by atoms with Crippen LogP contribution in [0.4, 0.5) is 5.69 Å². The Kier molecular flexibility index (Phi) is 6.01. The molecule has 5 nitrogen and oxygen atoms in total. The van der Waals surface area contributed by atoms with Crippen molar-refractivity contribution in [1.29, 1.82) is 0 Å². The van der Waals surface area contributed by atoms with Crippen molar-refractivity contribution >= 4 is 40.8 Å². The first kappa shape index (κ1) is 17.8. The van der Waals surface area contributed by atoms with Crippen LogP contribution in [0.5, 0.6) is 0 Å². The van der Waals surface area contributed by atoms with E-state index in [9.17, 15) is 14.7 Å². The Balaban J connectivity index is 2.75. The summed E-state index contributed by atoms with van der Waals surface area (Å²) in [6, 6.07) is 4.75. The molecule has 0 aliphatic heterocycles. The molecule has 1 rings (SSSR count). The van der Waals surface area contributed by atoms with E-state index in [1.54, 1.807) is 43.9 Å². The van der Waals surface area contributed by atoms with Crippen LogP contribution in [0.3, 0.4) is 0 Å². The molecule has 0 spiro atoms. The molecule has 1 amide bonds. The first-order valence-corrected chi connectivity index (χ1v) is 7.17. The molecule has 21 heavy (non-hydrogen) atoms. The second-order valence-corrected chi connectivity index (χ2v) is 5.87. The number of carboxylic acids is 1. The maximum absolute atomic E-state index is 12.0. The molecule has 7 heteroatoms. The van der Waals surface area contributed by atoms with Crippen LogP contribution in [0.15, 0.2) is 18.2 Å². The molecule has 1 aromatic carbocycles. The van der Waals surface area contributed by atoms with Crippen molar-refractivity contribution < 1.29 is 14.7 Å². The standard InChI is InChI=1S/C14H18Cl2N2O3/c1-4-18(14(2,3)13(20)21)8-12(19)17-9-5-6-10(15)11(16)7-9/h5-7H,4,8H2,1-3H3,(H,17,19)(H,20,21). The van der Waals surface area contributed by atoms with Crippen LogP contribution in [0.1, 0.15) is 20.8 Å². The van der Waals surface area contributed by atoms with Gasteiger partial charge in [0.25, 0.3) is 0 Å². The molecule has 0 radical (unpaired) electrons. The number of likely N-dealkylation sites (N-methyl/N-ethyl adjacent to an activating group) is 1. The normalized spacial score (nSPS) is 11.5. The number of aliphatic carboxylic acids is 1. The number of halogens is 2. The fourth-order valence-corrected chi connectivity index (χ4v) is 2.09. The molecule has 0 fully saturated rings. The van der Waals surface area contributed by atoms with Crippen molar-refractivity contribution in [3.05, 3.63) is 28.2 Å². The maximum Gasteiger partial charge on any atom is 0.323 e. The van der Waals surface area contributed by atoms with Gasteiger partial charge in [0, 0.05) is 5.69 Å². The highest BCUT2D eigenvalue weighted by atomic mass is 35.5. The molecule has 0 bridgehead atoms. The Bertz CT molecular complexity index is 547. The molecule has 116 valence electrons. The Morgan fingerprint density at radius 2 is 1.90 bits per heavy atom. The average molecular weight is 333 g/mol. The van der Waals surface area contributed by atoms with Crippen LogP contribution in [0.25, 0.3) is 0 Å². The lowest BCUT2D eigenvalue weighted by Crippen LogP contribution is -2.52. The van der Waals surface area contributed by atoms with Crippen molar-refractivity contribution in [3.63, 3.8) is 0 Å². The number of rotatable bonds is 6. The lowest BCUT2D eigenvalue weighted by atomic mass is 10.0. The van der Waals surface area contributed by atoms with E-state index >= 15 is 0 Å². The molecule has 1 aromatic rings. The van der Waals surface area contributed by atoms with Gasteiger partial charge >= 0.3 is 5.97 Å². The highest BCUT2D eigenvalue weighted by molar-refractivity contribution is 6.42. The Morgan fingerprint density at radius 3 is 2.38 bits per heavy atom. The number of amides is 1. The van der Waals surface area contributed by atoms with E-state index in [4.69, 9.17) is 23.2 Å². The van der Waals surface area contributed by atoms with Gasteiger partial charge in [-0.2, -0.15) is 0 Å². The zero-order valence-corrected chi connectivity index (χ0v) is 13.6. The zero-order valence-electron chi connectivity index (χ0n) is 12.1. The summed E-state index contributed by atoms with van der Waals surface area (Å²) < 4.78 is 0. The molecule has 0 aromatic heterocycles. The van der Waals surface area contributed by atoms with Gasteiger partial charge in [0.2, 0.25) is 5.91 Å². The van der Waals surface area contributed by atoms with Gasteiger partial charge in [-0.15, -0.1) is 0 Å². The molecular weight excluding hydrogens is 315 g/mol. The SMILES string of the molecule is CCN(CC(=O)Nc1ccc(Cl)c(Cl)c1)C(C)(C)C(=O)O. The Hall–Kier alpha value is -1.30. The van der Waals surface area contributed by atoms with Crippen molar-refractivity contribution in [3.8, 4) is 0 Å². The number of hydrogen-bond acceptors (Lipinski definition) is 3. The van der Waals surface area contributed by atoms with Gasteiger partial charge in [0.05, 0.1) is 16.6 Å². The van der Waals surface area contributed by atoms with E-state index in [2.05, 4.69) is 5.32 Å². The van der Waals surface area contributed by atoms with E-state index in [-0.39, 0.29) is 12.5 Å². The fraction of sp³-hybridized carbons (Fsp3) is 0.429. The fourth-order valence-electron chi connectivity index (χ4n) is 1.79. The molecule has 0 saturated heterocycles. The monoisotopic (exact) mass is 332 g/mol. The third-order valence-electron chi connectivity index (χ3n) is 3.23. The second-order valence-electron chi connectivity index (χ2n) is 5.06. The summed E-state index contributed by atoms with van der Waals surface area (Å²) >= 11 is 11.7. The number of anilines is 1. The number of carboxylic acid groups (broad SMARTS) is 1. The summed E-state index contributed by atoms with van der Waals surface area (Å²) in [6.07, 6.45) is 0. The summed E-state index contributed by atoms with van der Waals surface area (Å²) in [5.74, 6) is -1.30. The molecule has 0 aliphatic carbocycles. The first-order valence-electron chi connectivity index (χ1n) is 6.41. The predicted octanol–water partition coefficient (Wildman–Crippen LogP) is 3.12. The minimum atomic E-state index is -1.12. The molecule has 0 saturated carbocycles. The van der Waals surface area contributed by atoms with Gasteiger partial charge in [0.15, 0.2) is 0 Å². The van der Waals surface area contributed by atoms with E-state index in [0.29, 0.717) is 22.3 Å². The number of hydrogen-bond donors (Lipinski definition) is 2. The number of nitrogens with one attached hydrogen (secondary N) is 1. The highest BCUT2D eigenvalue weighted by Crippen LogP contribution is 2.25. The van der Waals surface area contributed by atoms with Crippen LogP contribution in [0.2, 0.25) is 10.0 Å². The summed E-state index contributed by atoms with van der Waals surface area (Å²) in [7, 11) is 0. The van der Waals surface area contributed by atoms with Gasteiger partial charge in [-0.25, -0.2) is 0 Å². The minimum absolute atomic E-state index is 0.0317. The van der Waals surface area contributed by atoms with Gasteiger partial charge in [0.1, 0.15) is 5.54 Å². The summed E-state index contributed by atoms with van der Waals surface area (Å²) in [5.41, 5.74) is -0.609. The molecule has 2 N–H and O–H groups in total. The molecular formula is C14H18Cl2N2O3. The van der Waals surface area contributed by atoms with Crippen LogP contribution in [0, 0.1) is 0 Å². The molecule has 0 aliphatic rings. The zero-order chi connectivity index (χ0) is 16.2. The second kappa shape index (κ2) is 7.11. The number of carbonyl (C=O) groups excluding carboxylic acids is 1. The van der Waals surface area contributed by atoms with Gasteiger partial charge in [-0.05, 0) is 38.6 Å². The van der Waals surface area contributed by atoms with Crippen molar-refractivity contribution in [2.24, 2.45) is 0 Å². The van der Waals surface area contributed by atoms with Gasteiger partial charge < -0.3 is 10.4 Å². The predicted molar refractivity (Wildman–Crippen MR) is 84.1 cm³/mol. The lowest BCUT2D eigenvalue weighted by Gasteiger charge is -2.33. The highest BCUT2D eigenvalue weighted by Gasteiger charge is 2.34. The van der Waals surface area contributed by atoms with E-state index in [1.165, 1.54) is 0 Å². The molecule has 0 unspecified atom stereocenters. The molecule has 0 heterocycles. The average Bonchev–Trinajstić information content (AvgIpc) is 2.39. The topological polar surface area (TPSA) is 69.6 Å². The quantitative estimate of drug-likeness (QED) is 0.839. The lowest BCUT2D eigenvalue weighted by molar-refractivity contribution is -0.149. The number of benzene rings is 1. The van der Waals surface area contributed by atoms with Crippen molar-refractivity contribution in [2.75, 3.05) is 18.4 Å². The van der Waals surface area contributed by atoms with E-state index < -0.39 is 11.5 Å². The van der Waals surface area contributed by atoms with Gasteiger partial charge in [-0.1, -0.05) is 30.1 Å².